The lowest BCUT2D eigenvalue weighted by molar-refractivity contribution is 0.167. The minimum atomic E-state index is -0.584. The van der Waals surface area contributed by atoms with E-state index in [1.807, 2.05) is 17.5 Å². The summed E-state index contributed by atoms with van der Waals surface area (Å²) in [5.41, 5.74) is 0. The first-order chi connectivity index (χ1) is 6.75. The number of hydrogen-bond acceptors (Lipinski definition) is 4. The van der Waals surface area contributed by atoms with Gasteiger partial charge in [0.15, 0.2) is 11.7 Å². The van der Waals surface area contributed by atoms with E-state index in [2.05, 4.69) is 4.98 Å². The highest BCUT2D eigenvalue weighted by atomic mass is 32.1. The minimum Gasteiger partial charge on any atom is -0.443 e. The molecule has 0 aromatic carbocycles. The fraction of sp³-hybridized carbons (Fsp3) is 0.300. The van der Waals surface area contributed by atoms with Crippen LogP contribution in [-0.4, -0.2) is 10.1 Å². The van der Waals surface area contributed by atoms with E-state index in [1.165, 1.54) is 4.88 Å². The van der Waals surface area contributed by atoms with Crippen molar-refractivity contribution >= 4 is 11.3 Å². The van der Waals surface area contributed by atoms with Gasteiger partial charge >= 0.3 is 0 Å². The smallest absolute Gasteiger partial charge is 0.199 e. The van der Waals surface area contributed by atoms with Gasteiger partial charge in [0, 0.05) is 4.88 Å². The van der Waals surface area contributed by atoms with E-state index in [4.69, 9.17) is 4.42 Å². The van der Waals surface area contributed by atoms with E-state index in [0.29, 0.717) is 18.1 Å². The number of thiophene rings is 1. The first-order valence-electron chi connectivity index (χ1n) is 4.41. The summed E-state index contributed by atoms with van der Waals surface area (Å²) in [6.07, 6.45) is 1.69. The summed E-state index contributed by atoms with van der Waals surface area (Å²) in [6.45, 7) is 1.66. The molecule has 1 unspecified atom stereocenters. The molecule has 1 N–H and O–H groups in total. The molecule has 0 radical (unpaired) electrons. The van der Waals surface area contributed by atoms with Crippen LogP contribution in [0, 0.1) is 0 Å². The Balaban J connectivity index is 2.11. The number of aliphatic hydroxyl groups is 1. The summed E-state index contributed by atoms with van der Waals surface area (Å²) in [5.74, 6) is 1.18. The van der Waals surface area contributed by atoms with Crippen molar-refractivity contribution in [2.45, 2.75) is 19.4 Å². The molecule has 2 rings (SSSR count). The maximum Gasteiger partial charge on any atom is 0.199 e. The van der Waals surface area contributed by atoms with Crippen molar-refractivity contribution in [1.29, 1.82) is 0 Å². The molecule has 74 valence electrons. The van der Waals surface area contributed by atoms with Crippen LogP contribution < -0.4 is 0 Å². The second-order valence-corrected chi connectivity index (χ2v) is 4.12. The molecule has 3 nitrogen and oxygen atoms in total. The molecule has 0 spiro atoms. The van der Waals surface area contributed by atoms with Crippen molar-refractivity contribution < 1.29 is 9.52 Å². The SMILES string of the molecule is CC(O)c1cnc(Cc2cccs2)o1. The molecule has 0 aliphatic heterocycles. The van der Waals surface area contributed by atoms with Crippen molar-refractivity contribution in [3.63, 3.8) is 0 Å². The van der Waals surface area contributed by atoms with Gasteiger partial charge in [0.05, 0.1) is 12.6 Å². The molecule has 1 atom stereocenters. The van der Waals surface area contributed by atoms with Crippen LogP contribution in [0.1, 0.15) is 29.6 Å². The van der Waals surface area contributed by atoms with Crippen molar-refractivity contribution in [2.24, 2.45) is 0 Å². The van der Waals surface area contributed by atoms with Crippen LogP contribution in [-0.2, 0) is 6.42 Å². The maximum absolute atomic E-state index is 9.23. The molecule has 0 saturated carbocycles. The van der Waals surface area contributed by atoms with Gasteiger partial charge in [0.2, 0.25) is 0 Å². The Morgan fingerprint density at radius 2 is 2.50 bits per heavy atom. The van der Waals surface area contributed by atoms with Gasteiger partial charge in [0.25, 0.3) is 0 Å². The van der Waals surface area contributed by atoms with Crippen LogP contribution in [0.15, 0.2) is 28.1 Å². The quantitative estimate of drug-likeness (QED) is 0.844. The van der Waals surface area contributed by atoms with Crippen molar-refractivity contribution in [1.82, 2.24) is 4.98 Å². The lowest BCUT2D eigenvalue weighted by atomic mass is 10.3. The van der Waals surface area contributed by atoms with E-state index >= 15 is 0 Å². The summed E-state index contributed by atoms with van der Waals surface area (Å²) < 4.78 is 5.36. The Morgan fingerprint density at radius 1 is 1.64 bits per heavy atom. The molecule has 0 amide bonds. The van der Waals surface area contributed by atoms with Crippen molar-refractivity contribution in [2.75, 3.05) is 0 Å². The van der Waals surface area contributed by atoms with Crippen LogP contribution in [0.5, 0.6) is 0 Å². The number of nitrogens with zero attached hydrogens (tertiary/aromatic N) is 1. The topological polar surface area (TPSA) is 46.3 Å². The summed E-state index contributed by atoms with van der Waals surface area (Å²) in [4.78, 5) is 5.30. The average Bonchev–Trinajstić information content (AvgIpc) is 2.75. The highest BCUT2D eigenvalue weighted by molar-refractivity contribution is 7.09. The zero-order valence-corrected chi connectivity index (χ0v) is 8.62. The normalized spacial score (nSPS) is 13.0. The molecule has 0 saturated heterocycles. The third kappa shape index (κ3) is 2.02. The lowest BCUT2D eigenvalue weighted by Crippen LogP contribution is -1.86. The van der Waals surface area contributed by atoms with Gasteiger partial charge in [-0.3, -0.25) is 0 Å². The standard InChI is InChI=1S/C10H11NO2S/c1-7(12)9-6-11-10(13-9)5-8-3-2-4-14-8/h2-4,6-7,12H,5H2,1H3. The summed E-state index contributed by atoms with van der Waals surface area (Å²) >= 11 is 1.67. The fourth-order valence-electron chi connectivity index (χ4n) is 1.16. The van der Waals surface area contributed by atoms with Crippen LogP contribution in [0.2, 0.25) is 0 Å². The number of oxazole rings is 1. The molecular formula is C10H11NO2S. The minimum absolute atomic E-state index is 0.525. The predicted octanol–water partition coefficient (Wildman–Crippen LogP) is 2.38. The van der Waals surface area contributed by atoms with Gasteiger partial charge in [-0.05, 0) is 18.4 Å². The third-order valence-electron chi connectivity index (χ3n) is 1.89. The van der Waals surface area contributed by atoms with Crippen LogP contribution in [0.3, 0.4) is 0 Å². The van der Waals surface area contributed by atoms with Crippen LogP contribution in [0.25, 0.3) is 0 Å². The molecular weight excluding hydrogens is 198 g/mol. The monoisotopic (exact) mass is 209 g/mol. The molecule has 0 aliphatic carbocycles. The number of aromatic nitrogens is 1. The Morgan fingerprint density at radius 3 is 3.07 bits per heavy atom. The maximum atomic E-state index is 9.23. The van der Waals surface area contributed by atoms with E-state index < -0.39 is 6.10 Å². The largest absolute Gasteiger partial charge is 0.443 e. The molecule has 2 heterocycles. The first kappa shape index (κ1) is 9.43. The second kappa shape index (κ2) is 3.94. The second-order valence-electron chi connectivity index (χ2n) is 3.09. The molecule has 0 fully saturated rings. The number of aliphatic hydroxyl groups excluding tert-OH is 1. The Labute approximate surface area is 86.0 Å². The highest BCUT2D eigenvalue weighted by Gasteiger charge is 2.09. The lowest BCUT2D eigenvalue weighted by Gasteiger charge is -1.96. The predicted molar refractivity (Wildman–Crippen MR) is 54.3 cm³/mol. The Kier molecular flexibility index (Phi) is 2.65. The molecule has 0 aliphatic rings. The number of hydrogen-bond donors (Lipinski definition) is 1. The van der Waals surface area contributed by atoms with Gasteiger partial charge in [-0.15, -0.1) is 11.3 Å². The summed E-state index contributed by atoms with van der Waals surface area (Å²) in [5, 5.41) is 11.3. The van der Waals surface area contributed by atoms with Gasteiger partial charge in [0.1, 0.15) is 6.10 Å². The average molecular weight is 209 g/mol. The molecule has 4 heteroatoms. The van der Waals surface area contributed by atoms with Gasteiger partial charge < -0.3 is 9.52 Å². The fourth-order valence-corrected chi connectivity index (χ4v) is 1.86. The highest BCUT2D eigenvalue weighted by Crippen LogP contribution is 2.17. The zero-order chi connectivity index (χ0) is 9.97. The van der Waals surface area contributed by atoms with Crippen molar-refractivity contribution in [3.8, 4) is 0 Å². The molecule has 14 heavy (non-hydrogen) atoms. The van der Waals surface area contributed by atoms with Crippen LogP contribution in [0.4, 0.5) is 0 Å². The zero-order valence-electron chi connectivity index (χ0n) is 7.80. The third-order valence-corrected chi connectivity index (χ3v) is 2.77. The van der Waals surface area contributed by atoms with Crippen molar-refractivity contribution in [3.05, 3.63) is 40.2 Å². The van der Waals surface area contributed by atoms with Gasteiger partial charge in [-0.2, -0.15) is 0 Å². The Hall–Kier alpha value is -1.13. The van der Waals surface area contributed by atoms with Crippen LogP contribution >= 0.6 is 11.3 Å². The molecule has 2 aromatic rings. The molecule has 2 aromatic heterocycles. The van der Waals surface area contributed by atoms with E-state index in [1.54, 1.807) is 24.5 Å². The van der Waals surface area contributed by atoms with E-state index in [0.717, 1.165) is 0 Å². The van der Waals surface area contributed by atoms with Gasteiger partial charge in [-0.25, -0.2) is 4.98 Å². The van der Waals surface area contributed by atoms with Gasteiger partial charge in [-0.1, -0.05) is 6.07 Å². The summed E-state index contributed by atoms with van der Waals surface area (Å²) in [6, 6.07) is 4.04. The molecule has 0 bridgehead atoms. The van der Waals surface area contributed by atoms with E-state index in [9.17, 15) is 5.11 Å². The number of rotatable bonds is 3. The Bertz CT molecular complexity index is 392. The van der Waals surface area contributed by atoms with E-state index in [-0.39, 0.29) is 0 Å². The first-order valence-corrected chi connectivity index (χ1v) is 5.28. The summed E-state index contributed by atoms with van der Waals surface area (Å²) in [7, 11) is 0.